The van der Waals surface area contributed by atoms with Gasteiger partial charge in [0.25, 0.3) is 0 Å². The van der Waals surface area contributed by atoms with Gasteiger partial charge in [-0.1, -0.05) is 27.2 Å². The smallest absolute Gasteiger partial charge is 0.128 e. The van der Waals surface area contributed by atoms with Crippen molar-refractivity contribution in [2.75, 3.05) is 0 Å². The second-order valence-electron chi connectivity index (χ2n) is 4.91. The monoisotopic (exact) mass is 234 g/mol. The molecule has 0 saturated heterocycles. The van der Waals surface area contributed by atoms with Crippen molar-refractivity contribution >= 4 is 11.0 Å². The molecule has 2 aromatic rings. The zero-order chi connectivity index (χ0) is 12.6. The summed E-state index contributed by atoms with van der Waals surface area (Å²) in [4.78, 5) is 7.79. The van der Waals surface area contributed by atoms with Crippen LogP contribution in [0.4, 0.5) is 4.39 Å². The van der Waals surface area contributed by atoms with Gasteiger partial charge in [-0.2, -0.15) is 0 Å². The van der Waals surface area contributed by atoms with Crippen LogP contribution in [-0.2, 0) is 0 Å². The number of hydrogen-bond donors (Lipinski definition) is 1. The summed E-state index contributed by atoms with van der Waals surface area (Å²) in [6.45, 7) is 8.32. The molecule has 92 valence electrons. The van der Waals surface area contributed by atoms with Gasteiger partial charge in [0.15, 0.2) is 0 Å². The molecule has 0 spiro atoms. The first-order valence-corrected chi connectivity index (χ1v) is 6.18. The molecule has 0 aliphatic heterocycles. The molecule has 3 heteroatoms. The fraction of sp³-hybridized carbons (Fsp3) is 0.500. The molecule has 1 aromatic carbocycles. The van der Waals surface area contributed by atoms with E-state index < -0.39 is 0 Å². The number of nitrogens with one attached hydrogen (secondary N) is 1. The summed E-state index contributed by atoms with van der Waals surface area (Å²) in [5.41, 5.74) is 2.30. The maximum atomic E-state index is 13.4. The minimum absolute atomic E-state index is 0.188. The molecule has 1 aromatic heterocycles. The summed E-state index contributed by atoms with van der Waals surface area (Å²) in [6, 6.07) is 3.33. The van der Waals surface area contributed by atoms with E-state index in [0.717, 1.165) is 23.3 Å². The lowest BCUT2D eigenvalue weighted by Gasteiger charge is -2.15. The summed E-state index contributed by atoms with van der Waals surface area (Å²) in [5.74, 6) is 1.71. The maximum Gasteiger partial charge on any atom is 0.128 e. The Labute approximate surface area is 101 Å². The standard InChI is InChI=1S/C14H19FN2/c1-5-8(2)10(4)14-16-12-6-9(3)11(15)7-13(12)17-14/h6-8,10H,5H2,1-4H3,(H,16,17). The first kappa shape index (κ1) is 12.1. The van der Waals surface area contributed by atoms with E-state index in [4.69, 9.17) is 0 Å². The zero-order valence-electron chi connectivity index (χ0n) is 10.8. The van der Waals surface area contributed by atoms with Crippen molar-refractivity contribution in [2.24, 2.45) is 5.92 Å². The summed E-state index contributed by atoms with van der Waals surface area (Å²) in [5, 5.41) is 0. The van der Waals surface area contributed by atoms with E-state index in [0.29, 0.717) is 17.4 Å². The summed E-state index contributed by atoms with van der Waals surface area (Å²) in [7, 11) is 0. The Morgan fingerprint density at radius 2 is 2.06 bits per heavy atom. The fourth-order valence-corrected chi connectivity index (χ4v) is 2.00. The van der Waals surface area contributed by atoms with E-state index in [1.807, 2.05) is 6.07 Å². The number of halogens is 1. The third kappa shape index (κ3) is 2.19. The maximum absolute atomic E-state index is 13.4. The molecule has 0 amide bonds. The molecule has 0 aliphatic rings. The van der Waals surface area contributed by atoms with Crippen molar-refractivity contribution in [1.29, 1.82) is 0 Å². The summed E-state index contributed by atoms with van der Waals surface area (Å²) >= 11 is 0. The second kappa shape index (κ2) is 4.47. The Kier molecular flexibility index (Phi) is 3.18. The number of imidazole rings is 1. The number of aryl methyl sites for hydroxylation is 1. The highest BCUT2D eigenvalue weighted by Gasteiger charge is 2.16. The van der Waals surface area contributed by atoms with Gasteiger partial charge in [-0.15, -0.1) is 0 Å². The number of hydrogen-bond acceptors (Lipinski definition) is 1. The SMILES string of the molecule is CCC(C)C(C)c1nc2cc(F)c(C)cc2[nH]1. The van der Waals surface area contributed by atoms with Crippen LogP contribution in [0.25, 0.3) is 11.0 Å². The van der Waals surface area contributed by atoms with Gasteiger partial charge in [0.1, 0.15) is 11.6 Å². The van der Waals surface area contributed by atoms with Gasteiger partial charge in [0.2, 0.25) is 0 Å². The molecular weight excluding hydrogens is 215 g/mol. The number of aromatic amines is 1. The highest BCUT2D eigenvalue weighted by molar-refractivity contribution is 5.76. The average molecular weight is 234 g/mol. The van der Waals surface area contributed by atoms with Crippen LogP contribution in [0.1, 0.15) is 44.5 Å². The summed E-state index contributed by atoms with van der Waals surface area (Å²) in [6.07, 6.45) is 1.12. The molecule has 0 radical (unpaired) electrons. The van der Waals surface area contributed by atoms with Crippen molar-refractivity contribution in [3.8, 4) is 0 Å². The number of benzene rings is 1. The lowest BCUT2D eigenvalue weighted by Crippen LogP contribution is -2.06. The second-order valence-corrected chi connectivity index (χ2v) is 4.91. The average Bonchev–Trinajstić information content (AvgIpc) is 2.70. The van der Waals surface area contributed by atoms with Crippen molar-refractivity contribution in [1.82, 2.24) is 9.97 Å². The molecule has 2 unspecified atom stereocenters. The van der Waals surface area contributed by atoms with E-state index in [2.05, 4.69) is 30.7 Å². The molecule has 0 fully saturated rings. The van der Waals surface area contributed by atoms with Crippen LogP contribution < -0.4 is 0 Å². The Morgan fingerprint density at radius 1 is 1.35 bits per heavy atom. The first-order valence-electron chi connectivity index (χ1n) is 6.18. The van der Waals surface area contributed by atoms with Crippen molar-refractivity contribution in [2.45, 2.75) is 40.0 Å². The van der Waals surface area contributed by atoms with Gasteiger partial charge >= 0.3 is 0 Å². The van der Waals surface area contributed by atoms with Gasteiger partial charge in [0, 0.05) is 12.0 Å². The van der Waals surface area contributed by atoms with E-state index in [9.17, 15) is 4.39 Å². The minimum Gasteiger partial charge on any atom is -0.342 e. The van der Waals surface area contributed by atoms with Gasteiger partial charge in [0.05, 0.1) is 11.0 Å². The highest BCUT2D eigenvalue weighted by atomic mass is 19.1. The summed E-state index contributed by atoms with van der Waals surface area (Å²) < 4.78 is 13.4. The van der Waals surface area contributed by atoms with Crippen LogP contribution in [0.2, 0.25) is 0 Å². The van der Waals surface area contributed by atoms with Crippen molar-refractivity contribution < 1.29 is 4.39 Å². The fourth-order valence-electron chi connectivity index (χ4n) is 2.00. The molecule has 0 saturated carbocycles. The van der Waals surface area contributed by atoms with E-state index in [1.165, 1.54) is 6.07 Å². The van der Waals surface area contributed by atoms with Crippen LogP contribution in [0.5, 0.6) is 0 Å². The molecule has 2 rings (SSSR count). The lowest BCUT2D eigenvalue weighted by atomic mass is 9.93. The molecule has 2 atom stereocenters. The van der Waals surface area contributed by atoms with Crippen LogP contribution in [0, 0.1) is 18.7 Å². The van der Waals surface area contributed by atoms with Crippen molar-refractivity contribution in [3.05, 3.63) is 29.3 Å². The minimum atomic E-state index is -0.188. The normalized spacial score (nSPS) is 15.1. The lowest BCUT2D eigenvalue weighted by molar-refractivity contribution is 0.459. The van der Waals surface area contributed by atoms with Gasteiger partial charge in [-0.25, -0.2) is 9.37 Å². The number of rotatable bonds is 3. The van der Waals surface area contributed by atoms with E-state index in [-0.39, 0.29) is 5.82 Å². The van der Waals surface area contributed by atoms with Crippen LogP contribution in [0.15, 0.2) is 12.1 Å². The Morgan fingerprint density at radius 3 is 2.71 bits per heavy atom. The molecule has 2 nitrogen and oxygen atoms in total. The molecule has 1 N–H and O–H groups in total. The molecule has 1 heterocycles. The number of fused-ring (bicyclic) bond motifs is 1. The van der Waals surface area contributed by atoms with Crippen LogP contribution in [0.3, 0.4) is 0 Å². The third-order valence-electron chi connectivity index (χ3n) is 3.71. The van der Waals surface area contributed by atoms with E-state index >= 15 is 0 Å². The van der Waals surface area contributed by atoms with Crippen LogP contribution >= 0.6 is 0 Å². The quantitative estimate of drug-likeness (QED) is 0.848. The Bertz CT molecular complexity index is 491. The molecule has 0 bridgehead atoms. The third-order valence-corrected chi connectivity index (χ3v) is 3.71. The molecular formula is C14H19FN2. The largest absolute Gasteiger partial charge is 0.342 e. The topological polar surface area (TPSA) is 28.7 Å². The number of aromatic nitrogens is 2. The first-order chi connectivity index (χ1) is 8.02. The number of nitrogens with zero attached hydrogens (tertiary/aromatic N) is 1. The van der Waals surface area contributed by atoms with Gasteiger partial charge < -0.3 is 4.98 Å². The zero-order valence-corrected chi connectivity index (χ0v) is 10.8. The van der Waals surface area contributed by atoms with Gasteiger partial charge in [-0.05, 0) is 24.5 Å². The van der Waals surface area contributed by atoms with E-state index in [1.54, 1.807) is 6.92 Å². The number of H-pyrrole nitrogens is 1. The van der Waals surface area contributed by atoms with Crippen LogP contribution in [-0.4, -0.2) is 9.97 Å². The Balaban J connectivity index is 2.44. The predicted octanol–water partition coefficient (Wildman–Crippen LogP) is 4.16. The molecule has 17 heavy (non-hydrogen) atoms. The predicted molar refractivity (Wildman–Crippen MR) is 68.7 cm³/mol. The highest BCUT2D eigenvalue weighted by Crippen LogP contribution is 2.26. The molecule has 0 aliphatic carbocycles. The Hall–Kier alpha value is -1.38. The van der Waals surface area contributed by atoms with Gasteiger partial charge in [-0.3, -0.25) is 0 Å². The van der Waals surface area contributed by atoms with Crippen molar-refractivity contribution in [3.63, 3.8) is 0 Å².